The summed E-state index contributed by atoms with van der Waals surface area (Å²) in [6.07, 6.45) is 2.37. The number of hydrogen-bond donors (Lipinski definition) is 2. The molecule has 0 bridgehead atoms. The second kappa shape index (κ2) is 7.08. The molecule has 1 aromatic carbocycles. The van der Waals surface area contributed by atoms with E-state index in [4.69, 9.17) is 10.5 Å². The zero-order chi connectivity index (χ0) is 15.2. The fraction of sp³-hybridized carbons (Fsp3) is 0.467. The Balaban J connectivity index is 2.00. The highest BCUT2D eigenvalue weighted by atomic mass is 16.5. The van der Waals surface area contributed by atoms with E-state index in [1.807, 2.05) is 18.2 Å². The molecule has 1 fully saturated rings. The number of carbonyl (C=O) groups is 2. The largest absolute Gasteiger partial charge is 0.464 e. The number of esters is 1. The van der Waals surface area contributed by atoms with Gasteiger partial charge in [-0.25, -0.2) is 4.79 Å². The molecule has 1 aliphatic rings. The van der Waals surface area contributed by atoms with Crippen LogP contribution in [0.3, 0.4) is 0 Å². The molecule has 1 aliphatic heterocycles. The van der Waals surface area contributed by atoms with Crippen LogP contribution in [0.1, 0.15) is 19.8 Å². The molecule has 0 saturated carbocycles. The smallest absolute Gasteiger partial charge is 0.332 e. The Morgan fingerprint density at radius 3 is 2.76 bits per heavy atom. The average Bonchev–Trinajstić information content (AvgIpc) is 3.01. The predicted molar refractivity (Wildman–Crippen MR) is 81.1 cm³/mol. The highest BCUT2D eigenvalue weighted by molar-refractivity contribution is 6.08. The predicted octanol–water partition coefficient (Wildman–Crippen LogP) is 1.12. The molecule has 6 nitrogen and oxygen atoms in total. The summed E-state index contributed by atoms with van der Waals surface area (Å²) in [5.74, 6) is -1.28. The summed E-state index contributed by atoms with van der Waals surface area (Å²) in [6, 6.07) is 6.24. The van der Waals surface area contributed by atoms with Crippen LogP contribution >= 0.6 is 0 Å². The van der Waals surface area contributed by atoms with Crippen LogP contribution in [-0.2, 0) is 14.3 Å². The Bertz CT molecular complexity index is 513. The lowest BCUT2D eigenvalue weighted by atomic mass is 10.2. The minimum Gasteiger partial charge on any atom is -0.464 e. The highest BCUT2D eigenvalue weighted by Gasteiger charge is 2.23. The van der Waals surface area contributed by atoms with Crippen molar-refractivity contribution in [3.63, 3.8) is 0 Å². The van der Waals surface area contributed by atoms with Crippen LogP contribution in [0.25, 0.3) is 0 Å². The number of amides is 1. The van der Waals surface area contributed by atoms with Gasteiger partial charge < -0.3 is 20.7 Å². The van der Waals surface area contributed by atoms with Crippen LogP contribution < -0.4 is 16.0 Å². The van der Waals surface area contributed by atoms with Crippen LogP contribution in [-0.4, -0.2) is 37.6 Å². The average molecular weight is 291 g/mol. The van der Waals surface area contributed by atoms with E-state index in [0.717, 1.165) is 18.8 Å². The molecule has 2 rings (SSSR count). The summed E-state index contributed by atoms with van der Waals surface area (Å²) >= 11 is 0. The Morgan fingerprint density at radius 2 is 2.10 bits per heavy atom. The van der Waals surface area contributed by atoms with Crippen LogP contribution in [0.2, 0.25) is 0 Å². The number of nitrogens with one attached hydrogen (secondary N) is 1. The molecule has 1 unspecified atom stereocenters. The molecule has 0 spiro atoms. The second-order valence-electron chi connectivity index (χ2n) is 4.96. The van der Waals surface area contributed by atoms with Crippen molar-refractivity contribution in [1.82, 2.24) is 0 Å². The third kappa shape index (κ3) is 3.95. The lowest BCUT2D eigenvalue weighted by molar-refractivity contribution is -0.146. The number of benzene rings is 1. The van der Waals surface area contributed by atoms with Crippen molar-refractivity contribution in [2.24, 2.45) is 5.73 Å². The Labute approximate surface area is 124 Å². The molecule has 3 N–H and O–H groups in total. The zero-order valence-electron chi connectivity index (χ0n) is 12.2. The van der Waals surface area contributed by atoms with Gasteiger partial charge in [-0.3, -0.25) is 4.79 Å². The van der Waals surface area contributed by atoms with E-state index in [2.05, 4.69) is 10.2 Å². The SMILES string of the molecule is CCOC(=O)C(N)C(=O)Nc1cccc(N2CCCC2)c1. The van der Waals surface area contributed by atoms with Gasteiger partial charge in [0.05, 0.1) is 6.61 Å². The molecule has 0 aliphatic carbocycles. The van der Waals surface area contributed by atoms with Crippen molar-refractivity contribution in [2.75, 3.05) is 29.9 Å². The zero-order valence-corrected chi connectivity index (χ0v) is 12.2. The maximum atomic E-state index is 11.9. The lowest BCUT2D eigenvalue weighted by Crippen LogP contribution is -2.43. The maximum absolute atomic E-state index is 11.9. The summed E-state index contributed by atoms with van der Waals surface area (Å²) in [5.41, 5.74) is 7.25. The third-order valence-electron chi connectivity index (χ3n) is 3.41. The Kier molecular flexibility index (Phi) is 5.16. The van der Waals surface area contributed by atoms with E-state index in [1.54, 1.807) is 13.0 Å². The van der Waals surface area contributed by atoms with Crippen molar-refractivity contribution < 1.29 is 14.3 Å². The number of hydrogen-bond acceptors (Lipinski definition) is 5. The second-order valence-corrected chi connectivity index (χ2v) is 4.96. The van der Waals surface area contributed by atoms with E-state index in [-0.39, 0.29) is 6.61 Å². The van der Waals surface area contributed by atoms with E-state index >= 15 is 0 Å². The Hall–Kier alpha value is -2.08. The molecular formula is C15H21N3O3. The van der Waals surface area contributed by atoms with Gasteiger partial charge in [0, 0.05) is 24.5 Å². The van der Waals surface area contributed by atoms with Crippen LogP contribution in [0, 0.1) is 0 Å². The van der Waals surface area contributed by atoms with Crippen LogP contribution in [0.15, 0.2) is 24.3 Å². The number of rotatable bonds is 5. The van der Waals surface area contributed by atoms with Gasteiger partial charge in [-0.1, -0.05) is 6.07 Å². The van der Waals surface area contributed by atoms with Crippen LogP contribution in [0.5, 0.6) is 0 Å². The first-order valence-corrected chi connectivity index (χ1v) is 7.20. The summed E-state index contributed by atoms with van der Waals surface area (Å²) < 4.78 is 4.73. The van der Waals surface area contributed by atoms with Crippen molar-refractivity contribution in [3.05, 3.63) is 24.3 Å². The van der Waals surface area contributed by atoms with Gasteiger partial charge in [0.2, 0.25) is 0 Å². The maximum Gasteiger partial charge on any atom is 0.332 e. The molecule has 0 aromatic heterocycles. The molecule has 1 saturated heterocycles. The first-order valence-electron chi connectivity index (χ1n) is 7.20. The first kappa shape index (κ1) is 15.3. The van der Waals surface area contributed by atoms with Crippen LogP contribution in [0.4, 0.5) is 11.4 Å². The van der Waals surface area contributed by atoms with Gasteiger partial charge in [-0.05, 0) is 38.0 Å². The Morgan fingerprint density at radius 1 is 1.38 bits per heavy atom. The quantitative estimate of drug-likeness (QED) is 0.627. The fourth-order valence-corrected chi connectivity index (χ4v) is 2.31. The lowest BCUT2D eigenvalue weighted by Gasteiger charge is -2.19. The molecular weight excluding hydrogens is 270 g/mol. The topological polar surface area (TPSA) is 84.7 Å². The van der Waals surface area contributed by atoms with Gasteiger partial charge in [0.25, 0.3) is 5.91 Å². The van der Waals surface area contributed by atoms with Crippen molar-refractivity contribution in [2.45, 2.75) is 25.8 Å². The minimum absolute atomic E-state index is 0.199. The van der Waals surface area contributed by atoms with Crippen molar-refractivity contribution >= 4 is 23.3 Å². The third-order valence-corrected chi connectivity index (χ3v) is 3.41. The molecule has 1 atom stereocenters. The molecule has 1 amide bonds. The van der Waals surface area contributed by atoms with Gasteiger partial charge in [-0.2, -0.15) is 0 Å². The van der Waals surface area contributed by atoms with E-state index in [9.17, 15) is 9.59 Å². The number of nitrogens with zero attached hydrogens (tertiary/aromatic N) is 1. The molecule has 114 valence electrons. The first-order chi connectivity index (χ1) is 10.1. The summed E-state index contributed by atoms with van der Waals surface area (Å²) in [7, 11) is 0. The van der Waals surface area contributed by atoms with E-state index in [1.165, 1.54) is 12.8 Å². The molecule has 6 heteroatoms. The number of ether oxygens (including phenoxy) is 1. The van der Waals surface area contributed by atoms with Gasteiger partial charge in [0.1, 0.15) is 0 Å². The minimum atomic E-state index is -1.31. The molecule has 0 radical (unpaired) electrons. The normalized spacial score (nSPS) is 15.6. The van der Waals surface area contributed by atoms with Gasteiger partial charge >= 0.3 is 5.97 Å². The highest BCUT2D eigenvalue weighted by Crippen LogP contribution is 2.23. The monoisotopic (exact) mass is 291 g/mol. The van der Waals surface area contributed by atoms with E-state index < -0.39 is 17.9 Å². The number of carbonyl (C=O) groups excluding carboxylic acids is 2. The van der Waals surface area contributed by atoms with Gasteiger partial charge in [0.15, 0.2) is 6.04 Å². The summed E-state index contributed by atoms with van der Waals surface area (Å²) in [5, 5.41) is 2.65. The van der Waals surface area contributed by atoms with Crippen molar-refractivity contribution in [3.8, 4) is 0 Å². The summed E-state index contributed by atoms with van der Waals surface area (Å²) in [6.45, 7) is 3.92. The standard InChI is InChI=1S/C15H21N3O3/c1-2-21-15(20)13(16)14(19)17-11-6-5-7-12(10-11)18-8-3-4-9-18/h5-7,10,13H,2-4,8-9,16H2,1H3,(H,17,19). The summed E-state index contributed by atoms with van der Waals surface area (Å²) in [4.78, 5) is 25.6. The molecule has 21 heavy (non-hydrogen) atoms. The number of nitrogens with two attached hydrogens (primary N) is 1. The molecule has 1 heterocycles. The molecule has 1 aromatic rings. The number of anilines is 2. The fourth-order valence-electron chi connectivity index (χ4n) is 2.31. The van der Waals surface area contributed by atoms with E-state index in [0.29, 0.717) is 5.69 Å². The van der Waals surface area contributed by atoms with Crippen molar-refractivity contribution in [1.29, 1.82) is 0 Å². The van der Waals surface area contributed by atoms with Gasteiger partial charge in [-0.15, -0.1) is 0 Å².